The zero-order valence-electron chi connectivity index (χ0n) is 12.2. The fourth-order valence-electron chi connectivity index (χ4n) is 2.70. The van der Waals surface area contributed by atoms with Crippen molar-refractivity contribution in [1.29, 1.82) is 5.26 Å². The second kappa shape index (κ2) is 5.03. The number of rotatable bonds is 2. The van der Waals surface area contributed by atoms with Crippen LogP contribution in [0.25, 0.3) is 22.4 Å². The Morgan fingerprint density at radius 3 is 2.67 bits per heavy atom. The first-order valence-electron chi connectivity index (χ1n) is 7.30. The van der Waals surface area contributed by atoms with E-state index in [-0.39, 0.29) is 11.6 Å². The topological polar surface area (TPSA) is 67.4 Å². The Labute approximate surface area is 134 Å². The predicted octanol–water partition coefficient (Wildman–Crippen LogP) is 3.72. The molecule has 0 unspecified atom stereocenters. The molecule has 3 aromatic rings. The average Bonchev–Trinajstić information content (AvgIpc) is 3.33. The van der Waals surface area contributed by atoms with Crippen molar-refractivity contribution in [3.63, 3.8) is 0 Å². The molecule has 0 saturated heterocycles. The third-order valence-electron chi connectivity index (χ3n) is 3.93. The summed E-state index contributed by atoms with van der Waals surface area (Å²) in [5.41, 5.74) is 1.09. The summed E-state index contributed by atoms with van der Waals surface area (Å²) in [6.45, 7) is 0. The van der Waals surface area contributed by atoms with Crippen molar-refractivity contribution < 1.29 is 13.2 Å². The van der Waals surface area contributed by atoms with Gasteiger partial charge in [-0.25, -0.2) is 4.98 Å². The van der Waals surface area contributed by atoms with Gasteiger partial charge >= 0.3 is 6.18 Å². The summed E-state index contributed by atoms with van der Waals surface area (Å²) < 4.78 is 40.6. The number of imidazole rings is 1. The molecule has 1 fully saturated rings. The Balaban J connectivity index is 1.94. The first kappa shape index (κ1) is 14.6. The minimum Gasteiger partial charge on any atom is -0.321 e. The number of benzene rings is 1. The second-order valence-corrected chi connectivity index (χ2v) is 5.68. The minimum atomic E-state index is -4.56. The van der Waals surface area contributed by atoms with Gasteiger partial charge in [0, 0.05) is 11.6 Å². The van der Waals surface area contributed by atoms with Gasteiger partial charge in [0.05, 0.1) is 28.9 Å². The molecular formula is C16H10F3N5. The summed E-state index contributed by atoms with van der Waals surface area (Å²) in [6, 6.07) is 8.27. The monoisotopic (exact) mass is 329 g/mol. The van der Waals surface area contributed by atoms with Gasteiger partial charge in [-0.05, 0) is 37.1 Å². The van der Waals surface area contributed by atoms with Crippen molar-refractivity contribution in [2.45, 2.75) is 25.1 Å². The predicted molar refractivity (Wildman–Crippen MR) is 78.7 cm³/mol. The first-order chi connectivity index (χ1) is 11.5. The molecule has 0 bridgehead atoms. The molecule has 1 aromatic carbocycles. The summed E-state index contributed by atoms with van der Waals surface area (Å²) in [5, 5.41) is 15.7. The fraction of sp³-hybridized carbons (Fsp3) is 0.250. The van der Waals surface area contributed by atoms with E-state index in [1.54, 1.807) is 18.2 Å². The van der Waals surface area contributed by atoms with E-state index < -0.39 is 11.9 Å². The SMILES string of the molecule is N#Cc1ccc2nc(-c3cnnc(C(F)(F)F)c3)n(C3CC3)c2c1. The highest BCUT2D eigenvalue weighted by atomic mass is 19.4. The zero-order chi connectivity index (χ0) is 16.9. The van der Waals surface area contributed by atoms with Crippen molar-refractivity contribution >= 4 is 11.0 Å². The normalized spacial score (nSPS) is 14.8. The highest BCUT2D eigenvalue weighted by molar-refractivity contribution is 5.82. The lowest BCUT2D eigenvalue weighted by atomic mass is 10.2. The molecule has 0 atom stereocenters. The summed E-state index contributed by atoms with van der Waals surface area (Å²) in [6.07, 6.45) is -1.42. The van der Waals surface area contributed by atoms with Crippen LogP contribution < -0.4 is 0 Å². The molecule has 0 radical (unpaired) electrons. The summed E-state index contributed by atoms with van der Waals surface area (Å²) in [4.78, 5) is 4.46. The number of alkyl halides is 3. The van der Waals surface area contributed by atoms with Crippen LogP contribution in [0.4, 0.5) is 13.2 Å². The molecule has 24 heavy (non-hydrogen) atoms. The summed E-state index contributed by atoms with van der Waals surface area (Å²) >= 11 is 0. The van der Waals surface area contributed by atoms with Crippen LogP contribution in [0.15, 0.2) is 30.5 Å². The van der Waals surface area contributed by atoms with Gasteiger partial charge in [-0.2, -0.15) is 23.5 Å². The highest BCUT2D eigenvalue weighted by Crippen LogP contribution is 2.41. The van der Waals surface area contributed by atoms with E-state index in [0.29, 0.717) is 16.9 Å². The van der Waals surface area contributed by atoms with E-state index in [4.69, 9.17) is 5.26 Å². The number of hydrogen-bond donors (Lipinski definition) is 0. The fourth-order valence-corrected chi connectivity index (χ4v) is 2.70. The highest BCUT2D eigenvalue weighted by Gasteiger charge is 2.34. The number of halogens is 3. The van der Waals surface area contributed by atoms with Crippen LogP contribution in [0.1, 0.15) is 30.1 Å². The van der Waals surface area contributed by atoms with Crippen molar-refractivity contribution in [2.75, 3.05) is 0 Å². The van der Waals surface area contributed by atoms with E-state index in [0.717, 1.165) is 24.4 Å². The first-order valence-corrected chi connectivity index (χ1v) is 7.30. The minimum absolute atomic E-state index is 0.182. The molecular weight excluding hydrogens is 319 g/mol. The van der Waals surface area contributed by atoms with E-state index >= 15 is 0 Å². The number of fused-ring (bicyclic) bond motifs is 1. The van der Waals surface area contributed by atoms with Crippen molar-refractivity contribution in [1.82, 2.24) is 19.7 Å². The summed E-state index contributed by atoms with van der Waals surface area (Å²) in [7, 11) is 0. The molecule has 0 N–H and O–H groups in total. The Bertz CT molecular complexity index is 980. The zero-order valence-corrected chi connectivity index (χ0v) is 12.2. The van der Waals surface area contributed by atoms with Crippen LogP contribution in [0.2, 0.25) is 0 Å². The van der Waals surface area contributed by atoms with E-state index in [2.05, 4.69) is 21.3 Å². The molecule has 0 aliphatic heterocycles. The van der Waals surface area contributed by atoms with Crippen LogP contribution in [-0.2, 0) is 6.18 Å². The number of nitriles is 1. The molecule has 120 valence electrons. The van der Waals surface area contributed by atoms with Gasteiger partial charge in [-0.15, -0.1) is 5.10 Å². The van der Waals surface area contributed by atoms with Crippen molar-refractivity contribution in [3.05, 3.63) is 41.7 Å². The largest absolute Gasteiger partial charge is 0.435 e. The van der Waals surface area contributed by atoms with Gasteiger partial charge < -0.3 is 4.57 Å². The molecule has 8 heteroatoms. The maximum Gasteiger partial charge on any atom is 0.435 e. The lowest BCUT2D eigenvalue weighted by Gasteiger charge is -2.09. The van der Waals surface area contributed by atoms with E-state index in [1.165, 1.54) is 6.20 Å². The molecule has 2 aromatic heterocycles. The molecule has 5 nitrogen and oxygen atoms in total. The van der Waals surface area contributed by atoms with Gasteiger partial charge in [0.15, 0.2) is 5.69 Å². The van der Waals surface area contributed by atoms with Crippen molar-refractivity contribution in [3.8, 4) is 17.5 Å². The standard InChI is InChI=1S/C16H10F3N5/c17-16(18,19)14-6-10(8-21-23-14)15-22-12-4-1-9(7-20)5-13(12)24(15)11-2-3-11/h1,4-6,8,11H,2-3H2. The van der Waals surface area contributed by atoms with Gasteiger partial charge in [-0.3, -0.25) is 0 Å². The van der Waals surface area contributed by atoms with Gasteiger partial charge in [0.25, 0.3) is 0 Å². The van der Waals surface area contributed by atoms with E-state index in [9.17, 15) is 13.2 Å². The Morgan fingerprint density at radius 2 is 2.00 bits per heavy atom. The second-order valence-electron chi connectivity index (χ2n) is 5.68. The maximum atomic E-state index is 12.9. The molecule has 0 amide bonds. The summed E-state index contributed by atoms with van der Waals surface area (Å²) in [5.74, 6) is 0.419. The maximum absolute atomic E-state index is 12.9. The quantitative estimate of drug-likeness (QED) is 0.718. The van der Waals surface area contributed by atoms with Crippen LogP contribution in [-0.4, -0.2) is 19.7 Å². The van der Waals surface area contributed by atoms with Crippen molar-refractivity contribution in [2.24, 2.45) is 0 Å². The van der Waals surface area contributed by atoms with Crippen LogP contribution in [0.5, 0.6) is 0 Å². The lowest BCUT2D eigenvalue weighted by molar-refractivity contribution is -0.141. The lowest BCUT2D eigenvalue weighted by Crippen LogP contribution is -2.09. The van der Waals surface area contributed by atoms with Crippen LogP contribution in [0, 0.1) is 11.3 Å². The van der Waals surface area contributed by atoms with Gasteiger partial charge in [0.1, 0.15) is 5.82 Å². The van der Waals surface area contributed by atoms with E-state index in [1.807, 2.05) is 4.57 Å². The molecule has 1 aliphatic carbocycles. The number of nitrogens with zero attached hydrogens (tertiary/aromatic N) is 5. The van der Waals surface area contributed by atoms with Gasteiger partial charge in [0.2, 0.25) is 0 Å². The number of hydrogen-bond acceptors (Lipinski definition) is 4. The molecule has 4 rings (SSSR count). The molecule has 2 heterocycles. The Kier molecular flexibility index (Phi) is 3.06. The molecule has 0 spiro atoms. The Morgan fingerprint density at radius 1 is 1.21 bits per heavy atom. The van der Waals surface area contributed by atoms with Gasteiger partial charge in [-0.1, -0.05) is 0 Å². The smallest absolute Gasteiger partial charge is 0.321 e. The third kappa shape index (κ3) is 2.38. The van der Waals surface area contributed by atoms with Crippen LogP contribution in [0.3, 0.4) is 0 Å². The Hall–Kier alpha value is -2.95. The number of aromatic nitrogens is 4. The molecule has 1 saturated carbocycles. The molecule has 1 aliphatic rings. The third-order valence-corrected chi connectivity index (χ3v) is 3.93. The van der Waals surface area contributed by atoms with Crippen LogP contribution >= 0.6 is 0 Å². The average molecular weight is 329 g/mol.